The van der Waals surface area contributed by atoms with Crippen LogP contribution >= 0.6 is 0 Å². The van der Waals surface area contributed by atoms with Gasteiger partial charge in [0, 0.05) is 24.6 Å². The van der Waals surface area contributed by atoms with Gasteiger partial charge in [-0.3, -0.25) is 4.68 Å². The maximum Gasteiger partial charge on any atom is 0.0679 e. The van der Waals surface area contributed by atoms with Crippen LogP contribution < -0.4 is 5.32 Å². The molecule has 0 aliphatic heterocycles. The molecule has 102 valence electrons. The molecule has 0 fully saturated rings. The topological polar surface area (TPSA) is 29.9 Å². The Morgan fingerprint density at radius 1 is 1.11 bits per heavy atom. The number of unbranched alkanes of at least 4 members (excludes halogenated alkanes) is 3. The Labute approximate surface area is 115 Å². The number of hydrogen-bond acceptors (Lipinski definition) is 2. The Balaban J connectivity index is 1.89. The van der Waals surface area contributed by atoms with Crippen LogP contribution in [0.4, 0.5) is 5.69 Å². The summed E-state index contributed by atoms with van der Waals surface area (Å²) >= 11 is 0. The normalized spacial score (nSPS) is 10.6. The van der Waals surface area contributed by atoms with Gasteiger partial charge in [0.15, 0.2) is 0 Å². The van der Waals surface area contributed by atoms with E-state index in [1.54, 1.807) is 0 Å². The van der Waals surface area contributed by atoms with E-state index < -0.39 is 0 Å². The number of para-hydroxylation sites is 1. The van der Waals surface area contributed by atoms with Crippen LogP contribution in [0.25, 0.3) is 0 Å². The molecule has 1 heterocycles. The largest absolute Gasteiger partial charge is 0.385 e. The standard InChI is InChI=1S/C16H23N3/c1-2-3-4-7-11-17-16-10-6-5-9-15(16)14-19-13-8-12-18-19/h5-6,8-10,12-13,17H,2-4,7,11,14H2,1H3. The van der Waals surface area contributed by atoms with Crippen LogP contribution in [0.3, 0.4) is 0 Å². The van der Waals surface area contributed by atoms with Crippen molar-refractivity contribution >= 4 is 5.69 Å². The van der Waals surface area contributed by atoms with Crippen molar-refractivity contribution < 1.29 is 0 Å². The number of hydrogen-bond donors (Lipinski definition) is 1. The summed E-state index contributed by atoms with van der Waals surface area (Å²) in [5, 5.41) is 7.81. The summed E-state index contributed by atoms with van der Waals surface area (Å²) in [6.07, 6.45) is 8.99. The van der Waals surface area contributed by atoms with Crippen molar-refractivity contribution in [1.29, 1.82) is 0 Å². The number of benzene rings is 1. The monoisotopic (exact) mass is 257 g/mol. The van der Waals surface area contributed by atoms with Crippen molar-refractivity contribution in [2.24, 2.45) is 0 Å². The van der Waals surface area contributed by atoms with Crippen LogP contribution in [0.2, 0.25) is 0 Å². The summed E-state index contributed by atoms with van der Waals surface area (Å²) in [6.45, 7) is 4.12. The van der Waals surface area contributed by atoms with Crippen LogP contribution in [0.15, 0.2) is 42.7 Å². The second-order valence-electron chi connectivity index (χ2n) is 4.85. The van der Waals surface area contributed by atoms with E-state index in [1.165, 1.54) is 36.9 Å². The van der Waals surface area contributed by atoms with Gasteiger partial charge >= 0.3 is 0 Å². The maximum atomic E-state index is 4.26. The summed E-state index contributed by atoms with van der Waals surface area (Å²) in [5.41, 5.74) is 2.52. The quantitative estimate of drug-likeness (QED) is 0.726. The minimum atomic E-state index is 0.825. The minimum absolute atomic E-state index is 0.825. The molecule has 0 aliphatic carbocycles. The van der Waals surface area contributed by atoms with Crippen molar-refractivity contribution in [3.05, 3.63) is 48.3 Å². The molecule has 3 heteroatoms. The van der Waals surface area contributed by atoms with Gasteiger partial charge in [0.1, 0.15) is 0 Å². The molecule has 3 nitrogen and oxygen atoms in total. The van der Waals surface area contributed by atoms with Crippen LogP contribution in [-0.4, -0.2) is 16.3 Å². The van der Waals surface area contributed by atoms with Crippen LogP contribution in [0.1, 0.15) is 38.2 Å². The zero-order valence-corrected chi connectivity index (χ0v) is 11.7. The summed E-state index contributed by atoms with van der Waals surface area (Å²) in [5.74, 6) is 0. The molecule has 19 heavy (non-hydrogen) atoms. The van der Waals surface area contributed by atoms with Gasteiger partial charge in [0.25, 0.3) is 0 Å². The maximum absolute atomic E-state index is 4.26. The van der Waals surface area contributed by atoms with Crippen molar-refractivity contribution in [1.82, 2.24) is 9.78 Å². The SMILES string of the molecule is CCCCCCNc1ccccc1Cn1cccn1. The Morgan fingerprint density at radius 3 is 2.79 bits per heavy atom. The molecular weight excluding hydrogens is 234 g/mol. The van der Waals surface area contributed by atoms with Crippen molar-refractivity contribution in [3.8, 4) is 0 Å². The van der Waals surface area contributed by atoms with Gasteiger partial charge < -0.3 is 5.32 Å². The van der Waals surface area contributed by atoms with E-state index in [1.807, 2.05) is 23.1 Å². The van der Waals surface area contributed by atoms with Crippen molar-refractivity contribution in [2.45, 2.75) is 39.2 Å². The highest BCUT2D eigenvalue weighted by Crippen LogP contribution is 2.16. The third-order valence-electron chi connectivity index (χ3n) is 3.25. The van der Waals surface area contributed by atoms with Gasteiger partial charge in [0.05, 0.1) is 6.54 Å². The van der Waals surface area contributed by atoms with E-state index in [0.29, 0.717) is 0 Å². The molecule has 2 rings (SSSR count). The first-order valence-corrected chi connectivity index (χ1v) is 7.19. The fourth-order valence-corrected chi connectivity index (χ4v) is 2.17. The summed E-state index contributed by atoms with van der Waals surface area (Å²) in [4.78, 5) is 0. The van der Waals surface area contributed by atoms with Crippen molar-refractivity contribution in [3.63, 3.8) is 0 Å². The lowest BCUT2D eigenvalue weighted by Crippen LogP contribution is -2.07. The highest BCUT2D eigenvalue weighted by atomic mass is 15.3. The second kappa shape index (κ2) is 7.62. The van der Waals surface area contributed by atoms with Gasteiger partial charge in [-0.25, -0.2) is 0 Å². The first-order valence-electron chi connectivity index (χ1n) is 7.19. The molecule has 1 aromatic carbocycles. The number of nitrogens with one attached hydrogen (secondary N) is 1. The highest BCUT2D eigenvalue weighted by Gasteiger charge is 2.02. The molecule has 0 unspecified atom stereocenters. The molecule has 0 aliphatic rings. The molecule has 0 bridgehead atoms. The lowest BCUT2D eigenvalue weighted by molar-refractivity contribution is 0.678. The highest BCUT2D eigenvalue weighted by molar-refractivity contribution is 5.51. The Kier molecular flexibility index (Phi) is 5.48. The summed E-state index contributed by atoms with van der Waals surface area (Å²) in [6, 6.07) is 10.4. The second-order valence-corrected chi connectivity index (χ2v) is 4.85. The lowest BCUT2D eigenvalue weighted by atomic mass is 10.1. The third kappa shape index (κ3) is 4.43. The molecule has 0 spiro atoms. The van der Waals surface area contributed by atoms with Gasteiger partial charge in [-0.05, 0) is 24.1 Å². The van der Waals surface area contributed by atoms with Gasteiger partial charge in [-0.15, -0.1) is 0 Å². The van der Waals surface area contributed by atoms with E-state index in [9.17, 15) is 0 Å². The van der Waals surface area contributed by atoms with E-state index in [-0.39, 0.29) is 0 Å². The Morgan fingerprint density at radius 2 is 2.00 bits per heavy atom. The average Bonchev–Trinajstić information content (AvgIpc) is 2.93. The molecule has 1 aromatic heterocycles. The van der Waals surface area contributed by atoms with Gasteiger partial charge in [-0.2, -0.15) is 5.10 Å². The predicted molar refractivity (Wildman–Crippen MR) is 80.4 cm³/mol. The van der Waals surface area contributed by atoms with Crippen LogP contribution in [-0.2, 0) is 6.54 Å². The third-order valence-corrected chi connectivity index (χ3v) is 3.25. The predicted octanol–water partition coefficient (Wildman–Crippen LogP) is 3.92. The molecule has 0 saturated carbocycles. The summed E-state index contributed by atoms with van der Waals surface area (Å²) < 4.78 is 1.96. The number of aromatic nitrogens is 2. The molecule has 0 saturated heterocycles. The Hall–Kier alpha value is -1.77. The van der Waals surface area contributed by atoms with E-state index in [0.717, 1.165) is 13.1 Å². The number of rotatable bonds is 8. The number of nitrogens with zero attached hydrogens (tertiary/aromatic N) is 2. The molecule has 2 aromatic rings. The summed E-state index contributed by atoms with van der Waals surface area (Å²) in [7, 11) is 0. The van der Waals surface area contributed by atoms with Gasteiger partial charge in [-0.1, -0.05) is 44.4 Å². The first-order chi connectivity index (χ1) is 9.40. The zero-order chi connectivity index (χ0) is 13.3. The molecular formula is C16H23N3. The van der Waals surface area contributed by atoms with E-state index in [4.69, 9.17) is 0 Å². The lowest BCUT2D eigenvalue weighted by Gasteiger charge is -2.12. The number of anilines is 1. The molecule has 1 N–H and O–H groups in total. The first kappa shape index (κ1) is 13.7. The average molecular weight is 257 g/mol. The van der Waals surface area contributed by atoms with E-state index in [2.05, 4.69) is 41.6 Å². The van der Waals surface area contributed by atoms with Crippen LogP contribution in [0.5, 0.6) is 0 Å². The van der Waals surface area contributed by atoms with Crippen LogP contribution in [0, 0.1) is 0 Å². The fraction of sp³-hybridized carbons (Fsp3) is 0.438. The van der Waals surface area contributed by atoms with Crippen molar-refractivity contribution in [2.75, 3.05) is 11.9 Å². The zero-order valence-electron chi connectivity index (χ0n) is 11.7. The Bertz CT molecular complexity index is 463. The fourth-order valence-electron chi connectivity index (χ4n) is 2.17. The van der Waals surface area contributed by atoms with E-state index >= 15 is 0 Å². The molecule has 0 amide bonds. The molecule has 0 radical (unpaired) electrons. The minimum Gasteiger partial charge on any atom is -0.385 e. The van der Waals surface area contributed by atoms with Gasteiger partial charge in [0.2, 0.25) is 0 Å². The molecule has 0 atom stereocenters. The smallest absolute Gasteiger partial charge is 0.0679 e.